The monoisotopic (exact) mass is 393 g/mol. The van der Waals surface area contributed by atoms with Crippen LogP contribution in [0.1, 0.15) is 49.8 Å². The Kier molecular flexibility index (Phi) is 4.49. The Morgan fingerprint density at radius 1 is 1.03 bits per heavy atom. The fourth-order valence-corrected chi connectivity index (χ4v) is 6.56. The van der Waals surface area contributed by atoms with Crippen LogP contribution in [0.15, 0.2) is 53.1 Å². The third-order valence-corrected chi connectivity index (χ3v) is 7.25. The van der Waals surface area contributed by atoms with Crippen LogP contribution in [0.3, 0.4) is 0 Å². The minimum absolute atomic E-state index is 0.0892. The number of hydrogen-bond acceptors (Lipinski definition) is 4. The topological polar surface area (TPSA) is 68.5 Å². The molecule has 29 heavy (non-hydrogen) atoms. The van der Waals surface area contributed by atoms with E-state index < -0.39 is 5.41 Å². The molecule has 4 saturated carbocycles. The van der Waals surface area contributed by atoms with Gasteiger partial charge in [-0.05, 0) is 73.5 Å². The molecule has 1 amide bonds. The van der Waals surface area contributed by atoms with Gasteiger partial charge in [0, 0.05) is 0 Å². The van der Waals surface area contributed by atoms with Crippen LogP contribution in [0.25, 0.3) is 0 Å². The lowest BCUT2D eigenvalue weighted by atomic mass is 9.43. The molecule has 1 heterocycles. The highest BCUT2D eigenvalue weighted by Crippen LogP contribution is 2.66. The molecule has 4 aliphatic rings. The molecule has 0 spiro atoms. The third kappa shape index (κ3) is 3.37. The van der Waals surface area contributed by atoms with Crippen LogP contribution in [0.2, 0.25) is 0 Å². The molecule has 2 unspecified atom stereocenters. The molecule has 152 valence electrons. The largest absolute Gasteiger partial charge is 0.467 e. The highest BCUT2D eigenvalue weighted by atomic mass is 16.5. The first-order chi connectivity index (χ1) is 14.1. The Balaban J connectivity index is 1.26. The van der Waals surface area contributed by atoms with Crippen LogP contribution < -0.4 is 5.32 Å². The zero-order valence-corrected chi connectivity index (χ0v) is 16.6. The van der Waals surface area contributed by atoms with Crippen molar-refractivity contribution in [2.75, 3.05) is 6.61 Å². The molecule has 5 nitrogen and oxygen atoms in total. The number of amides is 1. The average Bonchev–Trinajstić information content (AvgIpc) is 3.24. The highest BCUT2D eigenvalue weighted by Gasteiger charge is 2.61. The van der Waals surface area contributed by atoms with Crippen LogP contribution in [0.5, 0.6) is 0 Å². The molecule has 1 aromatic carbocycles. The van der Waals surface area contributed by atoms with Crippen LogP contribution in [-0.2, 0) is 26.3 Å². The number of furan rings is 1. The first-order valence-corrected chi connectivity index (χ1v) is 10.6. The molecule has 6 rings (SSSR count). The van der Waals surface area contributed by atoms with Gasteiger partial charge in [0.1, 0.15) is 5.76 Å². The third-order valence-electron chi connectivity index (χ3n) is 7.25. The summed E-state index contributed by atoms with van der Waals surface area (Å²) in [7, 11) is 0. The summed E-state index contributed by atoms with van der Waals surface area (Å²) in [6, 6.07) is 14.3. The number of hydrogen-bond donors (Lipinski definition) is 1. The normalized spacial score (nSPS) is 32.1. The van der Waals surface area contributed by atoms with Crippen LogP contribution >= 0.6 is 0 Å². The number of nitrogens with one attached hydrogen (secondary N) is 1. The Hall–Kier alpha value is -2.56. The van der Waals surface area contributed by atoms with Crippen molar-refractivity contribution in [3.63, 3.8) is 0 Å². The molecule has 1 aromatic heterocycles. The van der Waals surface area contributed by atoms with Gasteiger partial charge in [0.25, 0.3) is 5.91 Å². The van der Waals surface area contributed by atoms with E-state index in [-0.39, 0.29) is 23.9 Å². The second-order valence-electron chi connectivity index (χ2n) is 9.32. The Morgan fingerprint density at radius 3 is 2.48 bits per heavy atom. The summed E-state index contributed by atoms with van der Waals surface area (Å²) in [6.45, 7) is 0.0742. The average molecular weight is 393 g/mol. The van der Waals surface area contributed by atoms with E-state index in [0.29, 0.717) is 24.1 Å². The Bertz CT molecular complexity index is 875. The number of ether oxygens (including phenoxy) is 1. The van der Waals surface area contributed by atoms with Gasteiger partial charge < -0.3 is 14.5 Å². The summed E-state index contributed by atoms with van der Waals surface area (Å²) in [6.07, 6.45) is 7.81. The zero-order chi connectivity index (χ0) is 19.9. The Labute approximate surface area is 170 Å². The summed E-state index contributed by atoms with van der Waals surface area (Å²) in [5.74, 6) is 1.36. The zero-order valence-electron chi connectivity index (χ0n) is 16.6. The molecule has 4 fully saturated rings. The van der Waals surface area contributed by atoms with Gasteiger partial charge in [-0.3, -0.25) is 9.59 Å². The van der Waals surface area contributed by atoms with Crippen molar-refractivity contribution < 1.29 is 18.7 Å². The van der Waals surface area contributed by atoms with Gasteiger partial charge in [-0.1, -0.05) is 30.3 Å². The lowest BCUT2D eigenvalue weighted by molar-refractivity contribution is -0.175. The van der Waals surface area contributed by atoms with E-state index in [1.165, 1.54) is 24.8 Å². The van der Waals surface area contributed by atoms with Crippen LogP contribution in [-0.4, -0.2) is 18.5 Å². The molecule has 1 N–H and O–H groups in total. The maximum absolute atomic E-state index is 13.2. The van der Waals surface area contributed by atoms with E-state index in [1.807, 2.05) is 0 Å². The van der Waals surface area contributed by atoms with E-state index in [1.54, 1.807) is 18.4 Å². The summed E-state index contributed by atoms with van der Waals surface area (Å²) in [4.78, 5) is 25.3. The molecule has 4 atom stereocenters. The summed E-state index contributed by atoms with van der Waals surface area (Å²) in [5.41, 5.74) is 1.02. The minimum Gasteiger partial charge on any atom is -0.467 e. The van der Waals surface area contributed by atoms with Gasteiger partial charge in [-0.25, -0.2) is 0 Å². The molecule has 5 heteroatoms. The first-order valence-electron chi connectivity index (χ1n) is 10.6. The van der Waals surface area contributed by atoms with Gasteiger partial charge >= 0.3 is 5.97 Å². The Morgan fingerprint density at radius 2 is 1.79 bits per heavy atom. The minimum atomic E-state index is -0.429. The summed E-state index contributed by atoms with van der Waals surface area (Å²) in [5, 5.41) is 2.74. The predicted molar refractivity (Wildman–Crippen MR) is 107 cm³/mol. The number of carbonyl (C=O) groups is 2. The maximum atomic E-state index is 13.2. The molecule has 0 radical (unpaired) electrons. The highest BCUT2D eigenvalue weighted by molar-refractivity contribution is 5.83. The maximum Gasteiger partial charge on any atom is 0.312 e. The van der Waals surface area contributed by atoms with Crippen LogP contribution in [0, 0.1) is 17.3 Å². The number of rotatable bonds is 6. The second-order valence-corrected chi connectivity index (χ2v) is 9.32. The fourth-order valence-electron chi connectivity index (χ4n) is 6.56. The fraction of sp³-hybridized carbons (Fsp3) is 0.500. The molecule has 0 saturated heterocycles. The van der Waals surface area contributed by atoms with Gasteiger partial charge in [-0.15, -0.1) is 0 Å². The van der Waals surface area contributed by atoms with E-state index in [4.69, 9.17) is 9.15 Å². The number of esters is 1. The van der Waals surface area contributed by atoms with Crippen molar-refractivity contribution in [3.8, 4) is 0 Å². The predicted octanol–water partition coefficient (Wildman–Crippen LogP) is 3.98. The smallest absolute Gasteiger partial charge is 0.312 e. The van der Waals surface area contributed by atoms with E-state index in [2.05, 4.69) is 35.6 Å². The number of carbonyl (C=O) groups excluding carboxylic acids is 2. The van der Waals surface area contributed by atoms with Crippen molar-refractivity contribution >= 4 is 11.9 Å². The van der Waals surface area contributed by atoms with E-state index in [9.17, 15) is 9.59 Å². The molecule has 0 aliphatic heterocycles. The first kappa shape index (κ1) is 18.5. The van der Waals surface area contributed by atoms with Crippen molar-refractivity contribution in [3.05, 3.63) is 60.1 Å². The van der Waals surface area contributed by atoms with Crippen molar-refractivity contribution in [1.82, 2.24) is 5.32 Å². The lowest BCUT2D eigenvalue weighted by Gasteiger charge is -2.61. The standard InChI is InChI=1S/C24H27NO4/c26-21(25-14-20-7-4-8-28-20)15-29-22(27)24-12-17-9-18(13-24)11-23(10-17,16-24)19-5-2-1-3-6-19/h1-8,17-18H,9-16H2,(H,25,26)/t17-,18+,23?,24?. The molecular weight excluding hydrogens is 366 g/mol. The van der Waals surface area contributed by atoms with E-state index >= 15 is 0 Å². The molecule has 4 aliphatic carbocycles. The van der Waals surface area contributed by atoms with Crippen molar-refractivity contribution in [1.29, 1.82) is 0 Å². The lowest BCUT2D eigenvalue weighted by Crippen LogP contribution is -2.57. The van der Waals surface area contributed by atoms with Gasteiger partial charge in [0.15, 0.2) is 6.61 Å². The van der Waals surface area contributed by atoms with Crippen molar-refractivity contribution in [2.45, 2.75) is 50.5 Å². The molecular formula is C24H27NO4. The van der Waals surface area contributed by atoms with Crippen LogP contribution in [0.4, 0.5) is 0 Å². The van der Waals surface area contributed by atoms with Gasteiger partial charge in [-0.2, -0.15) is 0 Å². The summed E-state index contributed by atoms with van der Waals surface area (Å²) >= 11 is 0. The van der Waals surface area contributed by atoms with Gasteiger partial charge in [0.05, 0.1) is 18.2 Å². The number of benzene rings is 1. The van der Waals surface area contributed by atoms with E-state index in [0.717, 1.165) is 19.3 Å². The second kappa shape index (κ2) is 7.05. The van der Waals surface area contributed by atoms with Crippen molar-refractivity contribution in [2.24, 2.45) is 17.3 Å². The summed E-state index contributed by atoms with van der Waals surface area (Å²) < 4.78 is 10.8. The molecule has 4 bridgehead atoms. The SMILES string of the molecule is O=C(COC(=O)C12C[C@H]3C[C@@H](C1)CC(c1ccccc1)(C3)C2)NCc1ccco1. The molecule has 2 aromatic rings. The van der Waals surface area contributed by atoms with Gasteiger partial charge in [0.2, 0.25) is 0 Å². The quantitative estimate of drug-likeness (QED) is 0.754.